The fourth-order valence-electron chi connectivity index (χ4n) is 3.72. The van der Waals surface area contributed by atoms with Crippen molar-refractivity contribution in [3.05, 3.63) is 85.4 Å². The lowest BCUT2D eigenvalue weighted by Crippen LogP contribution is -2.19. The molecule has 3 aromatic carbocycles. The Balaban J connectivity index is 1.37. The summed E-state index contributed by atoms with van der Waals surface area (Å²) in [4.78, 5) is 14.8. The van der Waals surface area contributed by atoms with E-state index in [1.807, 2.05) is 60.7 Å². The summed E-state index contributed by atoms with van der Waals surface area (Å²) in [5.41, 5.74) is 6.13. The molecule has 8 heteroatoms. The van der Waals surface area contributed by atoms with Gasteiger partial charge >= 0.3 is 0 Å². The van der Waals surface area contributed by atoms with Gasteiger partial charge in [0.25, 0.3) is 5.91 Å². The summed E-state index contributed by atoms with van der Waals surface area (Å²) < 4.78 is 13.4. The van der Waals surface area contributed by atoms with Crippen LogP contribution in [0.15, 0.2) is 70.2 Å². The third-order valence-corrected chi connectivity index (χ3v) is 6.84. The molecule has 1 N–H and O–H groups in total. The van der Waals surface area contributed by atoms with Crippen molar-refractivity contribution in [1.29, 1.82) is 0 Å². The number of hydrogen-bond acceptors (Lipinski definition) is 5. The third kappa shape index (κ3) is 6.29. The van der Waals surface area contributed by atoms with Crippen LogP contribution < -0.4 is 19.8 Å². The lowest BCUT2D eigenvalue weighted by Gasteiger charge is -2.17. The molecule has 0 aromatic heterocycles. The van der Waals surface area contributed by atoms with E-state index >= 15 is 0 Å². The van der Waals surface area contributed by atoms with Crippen molar-refractivity contribution in [2.24, 2.45) is 5.10 Å². The standard InChI is InChI=1S/C26H25BrIN3O3/c1-33-24-15-19(14-23(27)25(24)34-17-18-4-8-21(28)9-5-18)16-29-30-26(32)20-6-10-22(11-7-20)31-12-2-3-13-31/h4-11,14-16H,2-3,12-13,17H2,1H3,(H,30,32)/b29-16-. The highest BCUT2D eigenvalue weighted by Crippen LogP contribution is 2.37. The van der Waals surface area contributed by atoms with Gasteiger partial charge in [-0.3, -0.25) is 4.79 Å². The van der Waals surface area contributed by atoms with E-state index in [0.717, 1.165) is 34.4 Å². The minimum atomic E-state index is -0.257. The Bertz CT molecular complexity index is 1160. The molecule has 0 unspecified atom stereocenters. The molecule has 0 aliphatic carbocycles. The number of amides is 1. The zero-order chi connectivity index (χ0) is 23.9. The molecule has 4 rings (SSSR count). The van der Waals surface area contributed by atoms with Gasteiger partial charge in [0.05, 0.1) is 17.8 Å². The summed E-state index contributed by atoms with van der Waals surface area (Å²) in [6.07, 6.45) is 4.02. The molecule has 6 nitrogen and oxygen atoms in total. The highest BCUT2D eigenvalue weighted by atomic mass is 127. The number of nitrogens with zero attached hydrogens (tertiary/aromatic N) is 2. The summed E-state index contributed by atoms with van der Waals surface area (Å²) in [6, 6.07) is 19.5. The molecule has 176 valence electrons. The van der Waals surface area contributed by atoms with E-state index in [4.69, 9.17) is 9.47 Å². The van der Waals surface area contributed by atoms with E-state index in [1.165, 1.54) is 16.4 Å². The highest BCUT2D eigenvalue weighted by molar-refractivity contribution is 14.1. The molecule has 1 heterocycles. The molecule has 1 aliphatic heterocycles. The number of hydrazone groups is 1. The van der Waals surface area contributed by atoms with Gasteiger partial charge in [-0.05, 0) is 111 Å². The van der Waals surface area contributed by atoms with Crippen molar-refractivity contribution in [2.75, 3.05) is 25.1 Å². The number of halogens is 2. The van der Waals surface area contributed by atoms with Crippen molar-refractivity contribution in [2.45, 2.75) is 19.4 Å². The SMILES string of the molecule is COc1cc(/C=N\NC(=O)c2ccc(N3CCCC3)cc2)cc(Br)c1OCc1ccc(I)cc1. The van der Waals surface area contributed by atoms with Gasteiger partial charge in [-0.2, -0.15) is 5.10 Å². The number of methoxy groups -OCH3 is 1. The molecule has 0 atom stereocenters. The number of carbonyl (C=O) groups excluding carboxylic acids is 1. The van der Waals surface area contributed by atoms with E-state index in [2.05, 4.69) is 53.9 Å². The molecule has 0 saturated carbocycles. The van der Waals surface area contributed by atoms with E-state index in [-0.39, 0.29) is 5.91 Å². The summed E-state index contributed by atoms with van der Waals surface area (Å²) in [5.74, 6) is 0.929. The van der Waals surface area contributed by atoms with Crippen LogP contribution in [-0.2, 0) is 6.61 Å². The number of ether oxygens (including phenoxy) is 2. The van der Waals surface area contributed by atoms with E-state index in [9.17, 15) is 4.79 Å². The average molecular weight is 634 g/mol. The van der Waals surface area contributed by atoms with E-state index in [1.54, 1.807) is 13.3 Å². The Hall–Kier alpha value is -2.59. The molecule has 34 heavy (non-hydrogen) atoms. The monoisotopic (exact) mass is 633 g/mol. The maximum atomic E-state index is 12.5. The van der Waals surface area contributed by atoms with Crippen LogP contribution in [0.25, 0.3) is 0 Å². The Morgan fingerprint density at radius 1 is 1.12 bits per heavy atom. The minimum Gasteiger partial charge on any atom is -0.493 e. The molecule has 1 fully saturated rings. The van der Waals surface area contributed by atoms with Crippen LogP contribution in [0.5, 0.6) is 11.5 Å². The number of carbonyl (C=O) groups is 1. The third-order valence-electron chi connectivity index (χ3n) is 5.53. The molecule has 1 aliphatic rings. The zero-order valence-corrected chi connectivity index (χ0v) is 22.5. The molecule has 1 saturated heterocycles. The minimum absolute atomic E-state index is 0.257. The first kappa shape index (κ1) is 24.5. The fourth-order valence-corrected chi connectivity index (χ4v) is 4.65. The first-order chi connectivity index (χ1) is 16.5. The lowest BCUT2D eigenvalue weighted by atomic mass is 10.2. The van der Waals surface area contributed by atoms with Crippen molar-refractivity contribution in [1.82, 2.24) is 5.43 Å². The van der Waals surface area contributed by atoms with Gasteiger partial charge in [0.2, 0.25) is 0 Å². The van der Waals surface area contributed by atoms with Crippen LogP contribution in [0, 0.1) is 3.57 Å². The summed E-state index contributed by atoms with van der Waals surface area (Å²) in [5, 5.41) is 4.11. The van der Waals surface area contributed by atoms with Gasteiger partial charge in [0.1, 0.15) is 6.61 Å². The first-order valence-electron chi connectivity index (χ1n) is 11.0. The van der Waals surface area contributed by atoms with Crippen molar-refractivity contribution < 1.29 is 14.3 Å². The molecule has 3 aromatic rings. The molecule has 1 amide bonds. The summed E-state index contributed by atoms with van der Waals surface area (Å²) in [7, 11) is 1.59. The quantitative estimate of drug-likeness (QED) is 0.188. The van der Waals surface area contributed by atoms with Crippen molar-refractivity contribution in [3.8, 4) is 11.5 Å². The van der Waals surface area contributed by atoms with Crippen LogP contribution in [0.3, 0.4) is 0 Å². The number of benzene rings is 3. The first-order valence-corrected chi connectivity index (χ1v) is 12.8. The van der Waals surface area contributed by atoms with Gasteiger partial charge in [-0.25, -0.2) is 5.43 Å². The van der Waals surface area contributed by atoms with E-state index in [0.29, 0.717) is 23.7 Å². The van der Waals surface area contributed by atoms with Gasteiger partial charge in [0.15, 0.2) is 11.5 Å². The second-order valence-corrected chi connectivity index (χ2v) is 9.99. The van der Waals surface area contributed by atoms with Gasteiger partial charge < -0.3 is 14.4 Å². The van der Waals surface area contributed by atoms with Crippen molar-refractivity contribution >= 4 is 56.3 Å². The smallest absolute Gasteiger partial charge is 0.271 e. The largest absolute Gasteiger partial charge is 0.493 e. The predicted molar refractivity (Wildman–Crippen MR) is 147 cm³/mol. The Kier molecular flexibility index (Phi) is 8.44. The van der Waals surface area contributed by atoms with Crippen LogP contribution in [0.2, 0.25) is 0 Å². The van der Waals surface area contributed by atoms with Crippen LogP contribution in [-0.4, -0.2) is 32.3 Å². The second kappa shape index (κ2) is 11.7. The second-order valence-electron chi connectivity index (χ2n) is 7.89. The Labute approximate surface area is 221 Å². The molecule has 0 bridgehead atoms. The topological polar surface area (TPSA) is 63.2 Å². The summed E-state index contributed by atoms with van der Waals surface area (Å²) in [6.45, 7) is 2.57. The number of rotatable bonds is 8. The molecule has 0 spiro atoms. The van der Waals surface area contributed by atoms with E-state index < -0.39 is 0 Å². The Morgan fingerprint density at radius 2 is 1.82 bits per heavy atom. The zero-order valence-electron chi connectivity index (χ0n) is 18.8. The molecular weight excluding hydrogens is 609 g/mol. The molecule has 0 radical (unpaired) electrons. The normalized spacial score (nSPS) is 13.3. The van der Waals surface area contributed by atoms with Gasteiger partial charge in [-0.15, -0.1) is 0 Å². The van der Waals surface area contributed by atoms with Gasteiger partial charge in [-0.1, -0.05) is 12.1 Å². The highest BCUT2D eigenvalue weighted by Gasteiger charge is 2.14. The van der Waals surface area contributed by atoms with Crippen molar-refractivity contribution in [3.63, 3.8) is 0 Å². The number of hydrogen-bond donors (Lipinski definition) is 1. The number of anilines is 1. The predicted octanol–water partition coefficient (Wildman–Crippen LogP) is 6.01. The summed E-state index contributed by atoms with van der Waals surface area (Å²) >= 11 is 5.83. The van der Waals surface area contributed by atoms with Crippen LogP contribution >= 0.6 is 38.5 Å². The lowest BCUT2D eigenvalue weighted by molar-refractivity contribution is 0.0955. The average Bonchev–Trinajstić information content (AvgIpc) is 3.39. The maximum absolute atomic E-state index is 12.5. The van der Waals surface area contributed by atoms with Gasteiger partial charge in [0, 0.05) is 27.9 Å². The maximum Gasteiger partial charge on any atom is 0.271 e. The Morgan fingerprint density at radius 3 is 2.50 bits per heavy atom. The van der Waals surface area contributed by atoms with Crippen LogP contribution in [0.4, 0.5) is 5.69 Å². The fraction of sp³-hybridized carbons (Fsp3) is 0.231. The molecular formula is C26H25BrIN3O3. The van der Waals surface area contributed by atoms with Crippen LogP contribution in [0.1, 0.15) is 34.3 Å². The number of nitrogens with one attached hydrogen (secondary N) is 1.